The SMILES string of the molecule is CC/C=C(/P)C(C)NC. The van der Waals surface area contributed by atoms with E-state index in [-0.39, 0.29) is 0 Å². The molecule has 2 atom stereocenters. The third-order valence-corrected chi connectivity index (χ3v) is 2.11. The largest absolute Gasteiger partial charge is 0.313 e. The summed E-state index contributed by atoms with van der Waals surface area (Å²) in [5, 5.41) is 4.51. The molecule has 0 rings (SSSR count). The van der Waals surface area contributed by atoms with E-state index in [0.717, 1.165) is 6.42 Å². The van der Waals surface area contributed by atoms with Crippen molar-refractivity contribution in [3.05, 3.63) is 11.4 Å². The second-order valence-electron chi connectivity index (χ2n) is 2.12. The average Bonchev–Trinajstić information content (AvgIpc) is 1.87. The molecule has 0 aliphatic carbocycles. The van der Waals surface area contributed by atoms with E-state index in [1.807, 2.05) is 7.05 Å². The molecule has 0 heterocycles. The minimum atomic E-state index is 0.495. The van der Waals surface area contributed by atoms with Gasteiger partial charge in [-0.15, -0.1) is 9.24 Å². The minimum Gasteiger partial charge on any atom is -0.313 e. The average molecular weight is 145 g/mol. The van der Waals surface area contributed by atoms with Crippen LogP contribution in [0.1, 0.15) is 20.3 Å². The predicted octanol–water partition coefficient (Wildman–Crippen LogP) is 1.76. The van der Waals surface area contributed by atoms with Gasteiger partial charge in [0.05, 0.1) is 0 Å². The van der Waals surface area contributed by atoms with Gasteiger partial charge >= 0.3 is 0 Å². The highest BCUT2D eigenvalue weighted by Crippen LogP contribution is 2.10. The van der Waals surface area contributed by atoms with Crippen molar-refractivity contribution in [1.82, 2.24) is 5.32 Å². The zero-order valence-electron chi connectivity index (χ0n) is 6.44. The monoisotopic (exact) mass is 145 g/mol. The van der Waals surface area contributed by atoms with Gasteiger partial charge in [-0.3, -0.25) is 0 Å². The molecule has 0 fully saturated rings. The molecule has 0 aromatic carbocycles. The molecule has 0 aromatic heterocycles. The fourth-order valence-corrected chi connectivity index (χ4v) is 0.982. The lowest BCUT2D eigenvalue weighted by Gasteiger charge is -2.09. The summed E-state index contributed by atoms with van der Waals surface area (Å²) in [5.74, 6) is 0. The molecule has 0 saturated carbocycles. The Morgan fingerprint density at radius 2 is 2.33 bits per heavy atom. The third kappa shape index (κ3) is 3.66. The molecule has 54 valence electrons. The summed E-state index contributed by atoms with van der Waals surface area (Å²) in [7, 11) is 4.71. The Balaban J connectivity index is 3.70. The van der Waals surface area contributed by atoms with Crippen LogP contribution in [0.3, 0.4) is 0 Å². The molecule has 1 N–H and O–H groups in total. The smallest absolute Gasteiger partial charge is 0.0285 e. The van der Waals surface area contributed by atoms with Crippen LogP contribution in [0.25, 0.3) is 0 Å². The van der Waals surface area contributed by atoms with Gasteiger partial charge in [0, 0.05) is 6.04 Å². The number of rotatable bonds is 3. The van der Waals surface area contributed by atoms with E-state index >= 15 is 0 Å². The van der Waals surface area contributed by atoms with Crippen LogP contribution in [0.4, 0.5) is 0 Å². The first-order valence-electron chi connectivity index (χ1n) is 3.35. The molecular weight excluding hydrogens is 129 g/mol. The highest BCUT2D eigenvalue weighted by Gasteiger charge is 1.96. The van der Waals surface area contributed by atoms with Crippen molar-refractivity contribution in [2.45, 2.75) is 26.3 Å². The van der Waals surface area contributed by atoms with Crippen LogP contribution in [-0.4, -0.2) is 13.1 Å². The van der Waals surface area contributed by atoms with Gasteiger partial charge in [-0.1, -0.05) is 13.0 Å². The van der Waals surface area contributed by atoms with Crippen molar-refractivity contribution in [3.8, 4) is 0 Å². The quantitative estimate of drug-likeness (QED) is 0.597. The van der Waals surface area contributed by atoms with Gasteiger partial charge in [0.1, 0.15) is 0 Å². The van der Waals surface area contributed by atoms with Crippen LogP contribution >= 0.6 is 9.24 Å². The van der Waals surface area contributed by atoms with E-state index in [2.05, 4.69) is 34.5 Å². The van der Waals surface area contributed by atoms with Crippen LogP contribution < -0.4 is 5.32 Å². The van der Waals surface area contributed by atoms with Gasteiger partial charge in [-0.2, -0.15) is 0 Å². The number of hydrogen-bond donors (Lipinski definition) is 1. The number of allylic oxidation sites excluding steroid dienone is 1. The van der Waals surface area contributed by atoms with Crippen LogP contribution in [0.5, 0.6) is 0 Å². The molecule has 0 radical (unpaired) electrons. The molecule has 9 heavy (non-hydrogen) atoms. The lowest BCUT2D eigenvalue weighted by Crippen LogP contribution is -2.20. The fourth-order valence-electron chi connectivity index (χ4n) is 0.579. The van der Waals surface area contributed by atoms with Crippen molar-refractivity contribution in [2.24, 2.45) is 0 Å². The summed E-state index contributed by atoms with van der Waals surface area (Å²) in [6.45, 7) is 4.29. The molecule has 1 nitrogen and oxygen atoms in total. The number of hydrogen-bond acceptors (Lipinski definition) is 1. The van der Waals surface area contributed by atoms with Crippen LogP contribution in [0.2, 0.25) is 0 Å². The van der Waals surface area contributed by atoms with Crippen molar-refractivity contribution in [3.63, 3.8) is 0 Å². The van der Waals surface area contributed by atoms with E-state index in [9.17, 15) is 0 Å². The molecule has 0 spiro atoms. The highest BCUT2D eigenvalue weighted by molar-refractivity contribution is 7.22. The second-order valence-corrected chi connectivity index (χ2v) is 2.79. The van der Waals surface area contributed by atoms with E-state index in [0.29, 0.717) is 6.04 Å². The Bertz CT molecular complexity index is 99.1. The molecule has 0 aliphatic rings. The van der Waals surface area contributed by atoms with Gasteiger partial charge in [0.25, 0.3) is 0 Å². The zero-order valence-corrected chi connectivity index (χ0v) is 7.59. The van der Waals surface area contributed by atoms with Crippen molar-refractivity contribution < 1.29 is 0 Å². The maximum Gasteiger partial charge on any atom is 0.0285 e. The van der Waals surface area contributed by atoms with Gasteiger partial charge in [0.2, 0.25) is 0 Å². The molecule has 2 unspecified atom stereocenters. The summed E-state index contributed by atoms with van der Waals surface area (Å²) in [5.41, 5.74) is 0. The fraction of sp³-hybridized carbons (Fsp3) is 0.714. The Morgan fingerprint density at radius 1 is 1.78 bits per heavy atom. The van der Waals surface area contributed by atoms with Crippen molar-refractivity contribution in [2.75, 3.05) is 7.05 Å². The second kappa shape index (κ2) is 4.96. The lowest BCUT2D eigenvalue weighted by molar-refractivity contribution is 0.717. The van der Waals surface area contributed by atoms with Gasteiger partial charge in [0.15, 0.2) is 0 Å². The zero-order chi connectivity index (χ0) is 7.28. The molecule has 0 bridgehead atoms. The summed E-state index contributed by atoms with van der Waals surface area (Å²) < 4.78 is 0. The molecule has 0 amide bonds. The molecule has 0 aromatic rings. The first-order valence-corrected chi connectivity index (χ1v) is 3.92. The summed E-state index contributed by atoms with van der Waals surface area (Å²) in [6, 6.07) is 0.495. The number of nitrogens with one attached hydrogen (secondary N) is 1. The standard InChI is InChI=1S/C7H16NP/c1-4-5-7(9)6(2)8-3/h5-6,8H,4,9H2,1-3H3/b7-5+. The van der Waals surface area contributed by atoms with E-state index < -0.39 is 0 Å². The van der Waals surface area contributed by atoms with E-state index in [4.69, 9.17) is 0 Å². The topological polar surface area (TPSA) is 12.0 Å². The van der Waals surface area contributed by atoms with Crippen molar-refractivity contribution in [1.29, 1.82) is 0 Å². The maximum atomic E-state index is 3.16. The molecule has 2 heteroatoms. The predicted molar refractivity (Wildman–Crippen MR) is 46.6 cm³/mol. The van der Waals surface area contributed by atoms with Gasteiger partial charge < -0.3 is 5.32 Å². The first kappa shape index (κ1) is 9.13. The first-order chi connectivity index (χ1) is 4.22. The van der Waals surface area contributed by atoms with E-state index in [1.165, 1.54) is 5.31 Å². The van der Waals surface area contributed by atoms with Crippen LogP contribution in [0.15, 0.2) is 11.4 Å². The van der Waals surface area contributed by atoms with E-state index in [1.54, 1.807) is 0 Å². The Morgan fingerprint density at radius 3 is 2.67 bits per heavy atom. The Labute approximate surface area is 60.1 Å². The summed E-state index contributed by atoms with van der Waals surface area (Å²) in [6.07, 6.45) is 3.33. The Hall–Kier alpha value is 0.130. The minimum absolute atomic E-state index is 0.495. The molecule has 0 saturated heterocycles. The van der Waals surface area contributed by atoms with Crippen LogP contribution in [-0.2, 0) is 0 Å². The third-order valence-electron chi connectivity index (χ3n) is 1.37. The summed E-state index contributed by atoms with van der Waals surface area (Å²) in [4.78, 5) is 0. The van der Waals surface area contributed by atoms with Crippen molar-refractivity contribution >= 4 is 9.24 Å². The summed E-state index contributed by atoms with van der Waals surface area (Å²) >= 11 is 0. The lowest BCUT2D eigenvalue weighted by atomic mass is 10.3. The normalized spacial score (nSPS) is 15.8. The van der Waals surface area contributed by atoms with Crippen LogP contribution in [0, 0.1) is 0 Å². The highest BCUT2D eigenvalue weighted by atomic mass is 31.0. The molecular formula is C7H16NP. The molecule has 0 aliphatic heterocycles. The van der Waals surface area contributed by atoms with Gasteiger partial charge in [-0.05, 0) is 25.7 Å². The van der Waals surface area contributed by atoms with Gasteiger partial charge in [-0.25, -0.2) is 0 Å². The Kier molecular flexibility index (Phi) is 5.03. The number of likely N-dealkylation sites (N-methyl/N-ethyl adjacent to an activating group) is 1. The maximum absolute atomic E-state index is 3.16.